The SMILES string of the molecule is CCC(C)c1ccc(-c2ccc(-c3ccc4c(c3)c3cc(-c5ccc(N(c6ccc(-c7ccccc7)cc6)c6ccc7c(c6)C(C)(C)c6ccccc6-7)cc5)ccc3n4-c3ccc(OC(C)(C)C)cc3)cc2)cc1. The van der Waals surface area contributed by atoms with Gasteiger partial charge in [-0.15, -0.1) is 0 Å². The summed E-state index contributed by atoms with van der Waals surface area (Å²) in [4.78, 5) is 2.41. The third-order valence-corrected chi connectivity index (χ3v) is 15.4. The molecule has 0 saturated carbocycles. The Bertz CT molecular complexity index is 3820. The Kier molecular flexibility index (Phi) is 11.7. The lowest BCUT2D eigenvalue weighted by atomic mass is 9.82. The van der Waals surface area contributed by atoms with E-state index in [1.165, 1.54) is 77.5 Å². The molecule has 0 radical (unpaired) electrons. The van der Waals surface area contributed by atoms with Gasteiger partial charge in [0, 0.05) is 38.9 Å². The molecule has 3 nitrogen and oxygen atoms in total. The predicted molar refractivity (Wildman–Crippen MR) is 314 cm³/mol. The van der Waals surface area contributed by atoms with Gasteiger partial charge >= 0.3 is 0 Å². The normalized spacial score (nSPS) is 13.2. The van der Waals surface area contributed by atoms with Crippen LogP contribution in [0.5, 0.6) is 5.75 Å². The molecule has 74 heavy (non-hydrogen) atoms. The summed E-state index contributed by atoms with van der Waals surface area (Å²) in [5, 5.41) is 2.42. The van der Waals surface area contributed by atoms with E-state index in [-0.39, 0.29) is 11.0 Å². The molecule has 0 bridgehead atoms. The first-order chi connectivity index (χ1) is 35.9. The maximum atomic E-state index is 6.25. The fourth-order valence-electron chi connectivity index (χ4n) is 11.3. The van der Waals surface area contributed by atoms with Gasteiger partial charge in [-0.2, -0.15) is 0 Å². The number of rotatable bonds is 11. The zero-order valence-corrected chi connectivity index (χ0v) is 43.5. The highest BCUT2D eigenvalue weighted by atomic mass is 16.5. The van der Waals surface area contributed by atoms with Crippen molar-refractivity contribution in [1.29, 1.82) is 0 Å². The van der Waals surface area contributed by atoms with Crippen LogP contribution in [0.2, 0.25) is 0 Å². The lowest BCUT2D eigenvalue weighted by Crippen LogP contribution is -2.22. The first-order valence-corrected chi connectivity index (χ1v) is 26.3. The molecule has 0 N–H and O–H groups in total. The molecule has 1 aromatic heterocycles. The molecule has 0 saturated heterocycles. The minimum Gasteiger partial charge on any atom is -0.488 e. The molecule has 0 spiro atoms. The molecule has 362 valence electrons. The first-order valence-electron chi connectivity index (χ1n) is 26.3. The van der Waals surface area contributed by atoms with E-state index in [0.29, 0.717) is 5.92 Å². The lowest BCUT2D eigenvalue weighted by molar-refractivity contribution is 0.131. The Morgan fingerprint density at radius 1 is 0.446 bits per heavy atom. The first kappa shape index (κ1) is 46.7. The van der Waals surface area contributed by atoms with Gasteiger partial charge in [-0.1, -0.05) is 173 Å². The number of hydrogen-bond acceptors (Lipinski definition) is 2. The van der Waals surface area contributed by atoms with Crippen molar-refractivity contribution in [1.82, 2.24) is 4.57 Å². The molecule has 0 fully saturated rings. The van der Waals surface area contributed by atoms with E-state index in [2.05, 4.69) is 288 Å². The molecular weight excluding hydrogens is 897 g/mol. The summed E-state index contributed by atoms with van der Waals surface area (Å²) in [5.41, 5.74) is 22.7. The average Bonchev–Trinajstić information content (AvgIpc) is 3.88. The summed E-state index contributed by atoms with van der Waals surface area (Å²) >= 11 is 0. The van der Waals surface area contributed by atoms with Crippen molar-refractivity contribution in [3.05, 3.63) is 247 Å². The van der Waals surface area contributed by atoms with E-state index < -0.39 is 0 Å². The lowest BCUT2D eigenvalue weighted by Gasteiger charge is -2.28. The second kappa shape index (κ2) is 18.6. The summed E-state index contributed by atoms with van der Waals surface area (Å²) in [6, 6.07) is 85.2. The number of hydrogen-bond donors (Lipinski definition) is 0. The van der Waals surface area contributed by atoms with E-state index >= 15 is 0 Å². The van der Waals surface area contributed by atoms with Crippen molar-refractivity contribution in [2.75, 3.05) is 4.90 Å². The molecule has 0 aliphatic heterocycles. The molecule has 11 aromatic rings. The van der Waals surface area contributed by atoms with Crippen molar-refractivity contribution in [2.24, 2.45) is 0 Å². The zero-order chi connectivity index (χ0) is 50.7. The fraction of sp³-hybridized carbons (Fsp3) is 0.155. The van der Waals surface area contributed by atoms with Crippen molar-refractivity contribution in [2.45, 2.75) is 71.8 Å². The van der Waals surface area contributed by atoms with Gasteiger partial charge in [-0.3, -0.25) is 0 Å². The monoisotopic (exact) mass is 958 g/mol. The highest BCUT2D eigenvalue weighted by Gasteiger charge is 2.36. The largest absolute Gasteiger partial charge is 0.488 e. The van der Waals surface area contributed by atoms with Crippen LogP contribution in [0.25, 0.3) is 83.1 Å². The summed E-state index contributed by atoms with van der Waals surface area (Å²) < 4.78 is 8.65. The van der Waals surface area contributed by atoms with Crippen LogP contribution >= 0.6 is 0 Å². The van der Waals surface area contributed by atoms with Crippen molar-refractivity contribution >= 4 is 38.9 Å². The molecule has 10 aromatic carbocycles. The van der Waals surface area contributed by atoms with E-state index in [1.807, 2.05) is 0 Å². The summed E-state index contributed by atoms with van der Waals surface area (Å²) in [6.07, 6.45) is 1.14. The van der Waals surface area contributed by atoms with Gasteiger partial charge in [-0.25, -0.2) is 0 Å². The van der Waals surface area contributed by atoms with Gasteiger partial charge in [0.2, 0.25) is 0 Å². The van der Waals surface area contributed by atoms with Crippen molar-refractivity contribution < 1.29 is 4.74 Å². The van der Waals surface area contributed by atoms with E-state index in [9.17, 15) is 0 Å². The standard InChI is InChI=1S/C71H62N2O/c1-8-47(2)48-18-20-50(21-19-48)51-22-24-53(25-23-51)55-30-42-68-64(44-55)65-45-56(31-43-69(65)73(68)59-36-39-61(40-37-59)74-70(3,4)5)54-28-34-58(35-29-54)72(57-32-26-52(27-33-57)49-14-10-9-11-15-49)60-38-41-63-62-16-12-13-17-66(62)71(6,7)67(63)46-60/h9-47H,8H2,1-7H3. The number of ether oxygens (including phenoxy) is 1. The van der Waals surface area contributed by atoms with Crippen LogP contribution in [0.3, 0.4) is 0 Å². The van der Waals surface area contributed by atoms with Crippen molar-refractivity contribution in [3.8, 4) is 67.1 Å². The third-order valence-electron chi connectivity index (χ3n) is 15.4. The maximum Gasteiger partial charge on any atom is 0.120 e. The van der Waals surface area contributed by atoms with E-state index in [4.69, 9.17) is 4.74 Å². The Hall–Kier alpha value is -8.40. The topological polar surface area (TPSA) is 17.4 Å². The average molecular weight is 959 g/mol. The molecule has 12 rings (SSSR count). The number of nitrogens with zero attached hydrogens (tertiary/aromatic N) is 2. The van der Waals surface area contributed by atoms with E-state index in [0.717, 1.165) is 51.5 Å². The summed E-state index contributed by atoms with van der Waals surface area (Å²) in [6.45, 7) is 15.5. The molecule has 3 heteroatoms. The Morgan fingerprint density at radius 3 is 1.43 bits per heavy atom. The zero-order valence-electron chi connectivity index (χ0n) is 43.5. The molecule has 1 aliphatic carbocycles. The van der Waals surface area contributed by atoms with Gasteiger partial charge in [-0.05, 0) is 190 Å². The van der Waals surface area contributed by atoms with Gasteiger partial charge in [0.05, 0.1) is 11.0 Å². The van der Waals surface area contributed by atoms with E-state index in [1.54, 1.807) is 0 Å². The second-order valence-corrected chi connectivity index (χ2v) is 21.7. The highest BCUT2D eigenvalue weighted by Crippen LogP contribution is 2.51. The summed E-state index contributed by atoms with van der Waals surface area (Å²) in [5.74, 6) is 1.42. The van der Waals surface area contributed by atoms with Crippen LogP contribution in [0.1, 0.15) is 77.5 Å². The van der Waals surface area contributed by atoms with Crippen LogP contribution in [-0.4, -0.2) is 10.2 Å². The minimum atomic E-state index is -0.284. The molecule has 1 unspecified atom stereocenters. The smallest absolute Gasteiger partial charge is 0.120 e. The second-order valence-electron chi connectivity index (χ2n) is 21.7. The van der Waals surface area contributed by atoms with Crippen LogP contribution in [0.4, 0.5) is 17.1 Å². The number of benzene rings is 10. The number of fused-ring (bicyclic) bond motifs is 6. The molecule has 1 atom stereocenters. The van der Waals surface area contributed by atoms with Gasteiger partial charge < -0.3 is 14.2 Å². The third kappa shape index (κ3) is 8.56. The summed E-state index contributed by atoms with van der Waals surface area (Å²) in [7, 11) is 0. The minimum absolute atomic E-state index is 0.119. The fourth-order valence-corrected chi connectivity index (χ4v) is 11.3. The predicted octanol–water partition coefficient (Wildman–Crippen LogP) is 19.9. The van der Waals surface area contributed by atoms with Crippen LogP contribution in [0, 0.1) is 0 Å². The Labute approximate surface area is 437 Å². The van der Waals surface area contributed by atoms with Crippen LogP contribution in [-0.2, 0) is 5.41 Å². The maximum absolute atomic E-state index is 6.25. The number of aromatic nitrogens is 1. The van der Waals surface area contributed by atoms with Crippen LogP contribution < -0.4 is 9.64 Å². The molecule has 1 heterocycles. The van der Waals surface area contributed by atoms with Gasteiger partial charge in [0.25, 0.3) is 0 Å². The highest BCUT2D eigenvalue weighted by molar-refractivity contribution is 6.11. The number of anilines is 3. The van der Waals surface area contributed by atoms with Gasteiger partial charge in [0.15, 0.2) is 0 Å². The quantitative estimate of drug-likeness (QED) is 0.129. The van der Waals surface area contributed by atoms with Gasteiger partial charge in [0.1, 0.15) is 11.4 Å². The Balaban J connectivity index is 0.932. The van der Waals surface area contributed by atoms with Crippen LogP contribution in [0.15, 0.2) is 231 Å². The molecular formula is C71H62N2O. The Morgan fingerprint density at radius 2 is 0.892 bits per heavy atom. The molecule has 0 amide bonds. The molecule has 1 aliphatic rings. The van der Waals surface area contributed by atoms with Crippen molar-refractivity contribution in [3.63, 3.8) is 0 Å².